The predicted octanol–water partition coefficient (Wildman–Crippen LogP) is 0.777. The van der Waals surface area contributed by atoms with Crippen molar-refractivity contribution in [3.63, 3.8) is 0 Å². The highest BCUT2D eigenvalue weighted by Gasteiger charge is 2.37. The molecule has 2 atom stereocenters. The Morgan fingerprint density at radius 3 is 2.50 bits per heavy atom. The number of aromatic nitrogens is 2. The number of aliphatic hydroxyl groups excluding tert-OH is 2. The Balaban J connectivity index is 2.06. The van der Waals surface area contributed by atoms with Gasteiger partial charge < -0.3 is 15.3 Å². The largest absolute Gasteiger partial charge is 0.493 e. The van der Waals surface area contributed by atoms with Gasteiger partial charge in [-0.05, 0) is 12.1 Å². The molecule has 0 amide bonds. The standard InChI is InChI=1S/C17H13N3O4/c18-7-9-5-6-12(11-4-2-1-3-10(9)11)20-16(23)14-15(22)13(21)8-19(14)17(20)24/h1-6,13,15,21-23H,8H2. The summed E-state index contributed by atoms with van der Waals surface area (Å²) in [4.78, 5) is 12.7. The van der Waals surface area contributed by atoms with Gasteiger partial charge in [0.05, 0.1) is 23.9 Å². The van der Waals surface area contributed by atoms with Crippen LogP contribution in [0.3, 0.4) is 0 Å². The van der Waals surface area contributed by atoms with Crippen LogP contribution in [0.1, 0.15) is 17.4 Å². The molecule has 7 nitrogen and oxygen atoms in total. The Hall–Kier alpha value is -3.08. The van der Waals surface area contributed by atoms with Crippen molar-refractivity contribution in [2.75, 3.05) is 0 Å². The zero-order valence-corrected chi connectivity index (χ0v) is 12.4. The highest BCUT2D eigenvalue weighted by molar-refractivity contribution is 5.94. The molecule has 0 saturated heterocycles. The van der Waals surface area contributed by atoms with Gasteiger partial charge in [-0.15, -0.1) is 0 Å². The van der Waals surface area contributed by atoms with E-state index in [2.05, 4.69) is 6.07 Å². The topological polar surface area (TPSA) is 111 Å². The van der Waals surface area contributed by atoms with Crippen LogP contribution in [0, 0.1) is 11.3 Å². The maximum atomic E-state index is 12.7. The quantitative estimate of drug-likeness (QED) is 0.613. The lowest BCUT2D eigenvalue weighted by Crippen LogP contribution is -2.25. The van der Waals surface area contributed by atoms with Gasteiger partial charge in [-0.25, -0.2) is 9.36 Å². The fourth-order valence-electron chi connectivity index (χ4n) is 3.28. The fourth-order valence-corrected chi connectivity index (χ4v) is 3.28. The minimum absolute atomic E-state index is 0.000871. The molecule has 0 radical (unpaired) electrons. The molecule has 2 heterocycles. The maximum Gasteiger partial charge on any atom is 0.336 e. The van der Waals surface area contributed by atoms with Crippen molar-refractivity contribution in [3.05, 3.63) is 58.1 Å². The number of aliphatic hydroxyl groups is 2. The number of nitriles is 1. The lowest BCUT2D eigenvalue weighted by Gasteiger charge is -2.11. The number of nitrogens with zero attached hydrogens (tertiary/aromatic N) is 3. The molecule has 1 aliphatic heterocycles. The first-order valence-electron chi connectivity index (χ1n) is 7.37. The molecule has 24 heavy (non-hydrogen) atoms. The number of aromatic hydroxyl groups is 1. The van der Waals surface area contributed by atoms with Crippen molar-refractivity contribution >= 4 is 10.8 Å². The minimum Gasteiger partial charge on any atom is -0.493 e. The summed E-state index contributed by atoms with van der Waals surface area (Å²) < 4.78 is 2.26. The van der Waals surface area contributed by atoms with Gasteiger partial charge in [0.1, 0.15) is 17.9 Å². The van der Waals surface area contributed by atoms with Crippen molar-refractivity contribution in [1.82, 2.24) is 9.13 Å². The number of benzene rings is 2. The third kappa shape index (κ3) is 1.75. The average Bonchev–Trinajstić information content (AvgIpc) is 3.02. The van der Waals surface area contributed by atoms with Crippen molar-refractivity contribution in [1.29, 1.82) is 5.26 Å². The third-order valence-electron chi connectivity index (χ3n) is 4.43. The van der Waals surface area contributed by atoms with E-state index in [4.69, 9.17) is 0 Å². The van der Waals surface area contributed by atoms with E-state index in [1.54, 1.807) is 36.4 Å². The molecule has 120 valence electrons. The molecule has 4 rings (SSSR count). The van der Waals surface area contributed by atoms with Gasteiger partial charge in [0.2, 0.25) is 5.88 Å². The van der Waals surface area contributed by atoms with Crippen LogP contribution in [0.25, 0.3) is 16.5 Å². The summed E-state index contributed by atoms with van der Waals surface area (Å²) in [6, 6.07) is 12.3. The van der Waals surface area contributed by atoms with Gasteiger partial charge in [0.25, 0.3) is 0 Å². The van der Waals surface area contributed by atoms with Gasteiger partial charge in [-0.3, -0.25) is 4.57 Å². The van der Waals surface area contributed by atoms with E-state index < -0.39 is 23.8 Å². The van der Waals surface area contributed by atoms with E-state index in [9.17, 15) is 25.4 Å². The van der Waals surface area contributed by atoms with Crippen LogP contribution < -0.4 is 5.69 Å². The molecule has 0 spiro atoms. The average molecular weight is 323 g/mol. The summed E-state index contributed by atoms with van der Waals surface area (Å²) in [5.41, 5.74) is 0.327. The van der Waals surface area contributed by atoms with Crippen LogP contribution in [0.5, 0.6) is 5.88 Å². The Morgan fingerprint density at radius 2 is 1.83 bits per heavy atom. The molecule has 0 aliphatic carbocycles. The molecular formula is C17H13N3O4. The van der Waals surface area contributed by atoms with Crippen molar-refractivity contribution in [2.24, 2.45) is 0 Å². The minimum atomic E-state index is -1.32. The van der Waals surface area contributed by atoms with Crippen LogP contribution >= 0.6 is 0 Å². The van der Waals surface area contributed by atoms with E-state index >= 15 is 0 Å². The lowest BCUT2D eigenvalue weighted by atomic mass is 10.0. The van der Waals surface area contributed by atoms with Gasteiger partial charge in [0, 0.05) is 10.8 Å². The molecule has 3 N–H and O–H groups in total. The molecule has 0 bridgehead atoms. The van der Waals surface area contributed by atoms with Gasteiger partial charge in [0.15, 0.2) is 0 Å². The van der Waals surface area contributed by atoms with E-state index in [1.165, 1.54) is 0 Å². The number of imidazole rings is 1. The first-order chi connectivity index (χ1) is 11.5. The lowest BCUT2D eigenvalue weighted by molar-refractivity contribution is 0.0289. The SMILES string of the molecule is N#Cc1ccc(-n2c(O)c3n(c2=O)CC(O)C3O)c2ccccc12. The number of fused-ring (bicyclic) bond motifs is 2. The summed E-state index contributed by atoms with van der Waals surface area (Å²) in [6.07, 6.45) is -2.44. The summed E-state index contributed by atoms with van der Waals surface area (Å²) >= 11 is 0. The summed E-state index contributed by atoms with van der Waals surface area (Å²) in [6.45, 7) is -0.0793. The van der Waals surface area contributed by atoms with E-state index in [-0.39, 0.29) is 12.2 Å². The second-order valence-electron chi connectivity index (χ2n) is 5.74. The second kappa shape index (κ2) is 4.96. The van der Waals surface area contributed by atoms with Gasteiger partial charge in [-0.1, -0.05) is 24.3 Å². The van der Waals surface area contributed by atoms with E-state index in [0.717, 1.165) is 9.13 Å². The van der Waals surface area contributed by atoms with Gasteiger partial charge >= 0.3 is 5.69 Å². The highest BCUT2D eigenvalue weighted by atomic mass is 16.3. The zero-order chi connectivity index (χ0) is 17.0. The van der Waals surface area contributed by atoms with Crippen LogP contribution in [0.2, 0.25) is 0 Å². The molecule has 0 fully saturated rings. The molecule has 3 aromatic rings. The molecule has 2 unspecified atom stereocenters. The monoisotopic (exact) mass is 323 g/mol. The molecule has 1 aliphatic rings. The Morgan fingerprint density at radius 1 is 1.12 bits per heavy atom. The summed E-state index contributed by atoms with van der Waals surface area (Å²) in [7, 11) is 0. The number of rotatable bonds is 1. The zero-order valence-electron chi connectivity index (χ0n) is 12.4. The van der Waals surface area contributed by atoms with Crippen LogP contribution in [-0.4, -0.2) is 30.6 Å². The van der Waals surface area contributed by atoms with Gasteiger partial charge in [-0.2, -0.15) is 5.26 Å². The summed E-state index contributed by atoms with van der Waals surface area (Å²) in [5.74, 6) is -0.404. The van der Waals surface area contributed by atoms with Crippen LogP contribution in [0.4, 0.5) is 0 Å². The molecule has 7 heteroatoms. The normalized spacial score (nSPS) is 19.4. The smallest absolute Gasteiger partial charge is 0.336 e. The first kappa shape index (κ1) is 14.5. The van der Waals surface area contributed by atoms with Crippen LogP contribution in [0.15, 0.2) is 41.2 Å². The van der Waals surface area contributed by atoms with Crippen molar-refractivity contribution in [3.8, 4) is 17.6 Å². The first-order valence-corrected chi connectivity index (χ1v) is 7.37. The molecule has 0 saturated carbocycles. The Kier molecular flexibility index (Phi) is 3.00. The highest BCUT2D eigenvalue weighted by Crippen LogP contribution is 2.35. The number of hydrogen-bond acceptors (Lipinski definition) is 5. The maximum absolute atomic E-state index is 12.7. The van der Waals surface area contributed by atoms with E-state index in [1.807, 2.05) is 0 Å². The van der Waals surface area contributed by atoms with Crippen molar-refractivity contribution < 1.29 is 15.3 Å². The van der Waals surface area contributed by atoms with Crippen molar-refractivity contribution in [2.45, 2.75) is 18.8 Å². The fraction of sp³-hybridized carbons (Fsp3) is 0.176. The summed E-state index contributed by atoms with van der Waals surface area (Å²) in [5, 5.41) is 40.7. The Bertz CT molecular complexity index is 1070. The number of hydrogen-bond donors (Lipinski definition) is 3. The molecule has 1 aromatic heterocycles. The Labute approximate surface area is 135 Å². The second-order valence-corrected chi connectivity index (χ2v) is 5.74. The third-order valence-corrected chi connectivity index (χ3v) is 4.43. The molecular weight excluding hydrogens is 310 g/mol. The van der Waals surface area contributed by atoms with E-state index in [0.29, 0.717) is 22.0 Å². The predicted molar refractivity (Wildman–Crippen MR) is 84.9 cm³/mol. The van der Waals surface area contributed by atoms with Crippen LogP contribution in [-0.2, 0) is 6.54 Å². The molecule has 2 aromatic carbocycles.